The van der Waals surface area contributed by atoms with Crippen molar-refractivity contribution in [2.75, 3.05) is 0 Å². The molecule has 0 aliphatic heterocycles. The van der Waals surface area contributed by atoms with E-state index in [9.17, 15) is 4.39 Å². The van der Waals surface area contributed by atoms with Crippen LogP contribution in [0.2, 0.25) is 5.02 Å². The predicted octanol–water partition coefficient (Wildman–Crippen LogP) is 3.85. The molecule has 3 N–H and O–H groups in total. The maximum Gasteiger partial charge on any atom is 0.126 e. The van der Waals surface area contributed by atoms with E-state index >= 15 is 0 Å². The van der Waals surface area contributed by atoms with E-state index in [0.717, 1.165) is 11.3 Å². The third kappa shape index (κ3) is 3.34. The summed E-state index contributed by atoms with van der Waals surface area (Å²) in [5, 5.41) is 2.57. The highest BCUT2D eigenvalue weighted by Gasteiger charge is 2.17. The third-order valence-corrected chi connectivity index (χ3v) is 4.42. The van der Waals surface area contributed by atoms with Gasteiger partial charge in [0.05, 0.1) is 6.04 Å². The molecular formula is C14H16ClFN2S. The standard InChI is InChI=1S/C14H16ClFN2S/c1-2-9-5-6-19-14(9)13(18-17)8-10-7-11(15)3-4-12(10)16/h3-7,13,18H,2,8,17H2,1H3. The van der Waals surface area contributed by atoms with Gasteiger partial charge in [-0.2, -0.15) is 0 Å². The Kier molecular flexibility index (Phi) is 4.93. The first-order valence-corrected chi connectivity index (χ1v) is 7.37. The number of nitrogens with two attached hydrogens (primary N) is 1. The minimum absolute atomic E-state index is 0.0945. The van der Waals surface area contributed by atoms with Gasteiger partial charge in [-0.05, 0) is 53.6 Å². The minimum atomic E-state index is -0.251. The number of halogens is 2. The van der Waals surface area contributed by atoms with Gasteiger partial charge in [0.15, 0.2) is 0 Å². The molecule has 2 aromatic rings. The van der Waals surface area contributed by atoms with Crippen molar-refractivity contribution < 1.29 is 4.39 Å². The summed E-state index contributed by atoms with van der Waals surface area (Å²) in [7, 11) is 0. The van der Waals surface area contributed by atoms with Crippen LogP contribution in [0.25, 0.3) is 0 Å². The maximum atomic E-state index is 13.8. The SMILES string of the molecule is CCc1ccsc1C(Cc1cc(Cl)ccc1F)NN. The molecule has 1 aromatic carbocycles. The number of benzene rings is 1. The molecule has 19 heavy (non-hydrogen) atoms. The molecule has 2 nitrogen and oxygen atoms in total. The van der Waals surface area contributed by atoms with E-state index in [2.05, 4.69) is 18.4 Å². The Morgan fingerprint density at radius 3 is 2.84 bits per heavy atom. The van der Waals surface area contributed by atoms with Crippen LogP contribution >= 0.6 is 22.9 Å². The molecule has 1 atom stereocenters. The molecule has 0 aliphatic rings. The Bertz CT molecular complexity index is 556. The Morgan fingerprint density at radius 1 is 1.37 bits per heavy atom. The normalized spacial score (nSPS) is 12.6. The lowest BCUT2D eigenvalue weighted by atomic mass is 10.0. The largest absolute Gasteiger partial charge is 0.271 e. The zero-order chi connectivity index (χ0) is 13.8. The van der Waals surface area contributed by atoms with Gasteiger partial charge in [0.2, 0.25) is 0 Å². The lowest BCUT2D eigenvalue weighted by Crippen LogP contribution is -2.29. The van der Waals surface area contributed by atoms with Crippen LogP contribution in [0.3, 0.4) is 0 Å². The van der Waals surface area contributed by atoms with Gasteiger partial charge in [-0.3, -0.25) is 11.3 Å². The van der Waals surface area contributed by atoms with Crippen LogP contribution in [0.4, 0.5) is 4.39 Å². The highest BCUT2D eigenvalue weighted by atomic mass is 35.5. The molecule has 1 aromatic heterocycles. The van der Waals surface area contributed by atoms with Crippen molar-refractivity contribution in [2.45, 2.75) is 25.8 Å². The van der Waals surface area contributed by atoms with Crippen molar-refractivity contribution in [1.29, 1.82) is 0 Å². The fourth-order valence-electron chi connectivity index (χ4n) is 2.09. The molecular weight excluding hydrogens is 283 g/mol. The lowest BCUT2D eigenvalue weighted by molar-refractivity contribution is 0.533. The first-order valence-electron chi connectivity index (χ1n) is 6.12. The smallest absolute Gasteiger partial charge is 0.126 e. The van der Waals surface area contributed by atoms with Crippen LogP contribution in [0, 0.1) is 5.82 Å². The van der Waals surface area contributed by atoms with E-state index in [1.807, 2.05) is 5.38 Å². The summed E-state index contributed by atoms with van der Waals surface area (Å²) in [6.07, 6.45) is 1.42. The molecule has 0 bridgehead atoms. The molecule has 5 heteroatoms. The summed E-state index contributed by atoms with van der Waals surface area (Å²) in [5.41, 5.74) is 4.60. The van der Waals surface area contributed by atoms with Gasteiger partial charge < -0.3 is 0 Å². The van der Waals surface area contributed by atoms with E-state index in [0.29, 0.717) is 17.0 Å². The molecule has 0 spiro atoms. The number of hydrogen-bond donors (Lipinski definition) is 2. The molecule has 0 saturated carbocycles. The van der Waals surface area contributed by atoms with E-state index in [-0.39, 0.29) is 11.9 Å². The van der Waals surface area contributed by atoms with E-state index in [4.69, 9.17) is 17.4 Å². The van der Waals surface area contributed by atoms with Crippen molar-refractivity contribution in [2.24, 2.45) is 5.84 Å². The summed E-state index contributed by atoms with van der Waals surface area (Å²) < 4.78 is 13.8. The van der Waals surface area contributed by atoms with Crippen molar-refractivity contribution in [1.82, 2.24) is 5.43 Å². The van der Waals surface area contributed by atoms with Crippen LogP contribution in [-0.4, -0.2) is 0 Å². The molecule has 2 rings (SSSR count). The third-order valence-electron chi connectivity index (χ3n) is 3.11. The highest BCUT2D eigenvalue weighted by molar-refractivity contribution is 7.10. The van der Waals surface area contributed by atoms with Crippen LogP contribution in [0.1, 0.15) is 29.0 Å². The first kappa shape index (κ1) is 14.5. The lowest BCUT2D eigenvalue weighted by Gasteiger charge is -2.17. The van der Waals surface area contributed by atoms with Gasteiger partial charge in [-0.15, -0.1) is 11.3 Å². The topological polar surface area (TPSA) is 38.0 Å². The Hall–Kier alpha value is -0.940. The van der Waals surface area contributed by atoms with Crippen LogP contribution < -0.4 is 11.3 Å². The van der Waals surface area contributed by atoms with E-state index < -0.39 is 0 Å². The van der Waals surface area contributed by atoms with Crippen LogP contribution in [-0.2, 0) is 12.8 Å². The van der Waals surface area contributed by atoms with Crippen molar-refractivity contribution >= 4 is 22.9 Å². The van der Waals surface area contributed by atoms with Crippen LogP contribution in [0.5, 0.6) is 0 Å². The summed E-state index contributed by atoms with van der Waals surface area (Å²) in [6, 6.07) is 6.58. The maximum absolute atomic E-state index is 13.8. The second-order valence-corrected chi connectivity index (χ2v) is 5.71. The number of hydrogen-bond acceptors (Lipinski definition) is 3. The summed E-state index contributed by atoms with van der Waals surface area (Å²) >= 11 is 7.55. The summed E-state index contributed by atoms with van der Waals surface area (Å²) in [4.78, 5) is 1.16. The quantitative estimate of drug-likeness (QED) is 0.650. The first-order chi connectivity index (χ1) is 9.15. The second kappa shape index (κ2) is 6.48. The molecule has 0 aliphatic carbocycles. The zero-order valence-corrected chi connectivity index (χ0v) is 12.2. The summed E-state index contributed by atoms with van der Waals surface area (Å²) in [5.74, 6) is 5.37. The number of aryl methyl sites for hydroxylation is 1. The van der Waals surface area contributed by atoms with Crippen molar-refractivity contribution in [3.63, 3.8) is 0 Å². The molecule has 0 fully saturated rings. The Balaban J connectivity index is 2.26. The van der Waals surface area contributed by atoms with E-state index in [1.54, 1.807) is 23.5 Å². The molecule has 1 heterocycles. The number of nitrogens with one attached hydrogen (secondary N) is 1. The fourth-order valence-corrected chi connectivity index (χ4v) is 3.35. The van der Waals surface area contributed by atoms with E-state index in [1.165, 1.54) is 11.6 Å². The molecule has 0 amide bonds. The summed E-state index contributed by atoms with van der Waals surface area (Å²) in [6.45, 7) is 2.10. The van der Waals surface area contributed by atoms with Crippen molar-refractivity contribution in [3.05, 3.63) is 56.5 Å². The molecule has 102 valence electrons. The number of hydrazine groups is 1. The highest BCUT2D eigenvalue weighted by Crippen LogP contribution is 2.28. The second-order valence-electron chi connectivity index (χ2n) is 4.32. The Labute approximate surface area is 121 Å². The van der Waals surface area contributed by atoms with Gasteiger partial charge >= 0.3 is 0 Å². The fraction of sp³-hybridized carbons (Fsp3) is 0.286. The molecule has 0 radical (unpaired) electrons. The average molecular weight is 299 g/mol. The van der Waals surface area contributed by atoms with Crippen molar-refractivity contribution in [3.8, 4) is 0 Å². The zero-order valence-electron chi connectivity index (χ0n) is 10.6. The number of thiophene rings is 1. The van der Waals surface area contributed by atoms with Crippen LogP contribution in [0.15, 0.2) is 29.6 Å². The van der Waals surface area contributed by atoms with Gasteiger partial charge in [0.25, 0.3) is 0 Å². The number of rotatable bonds is 5. The molecule has 0 saturated heterocycles. The average Bonchev–Trinajstić information content (AvgIpc) is 2.88. The van der Waals surface area contributed by atoms with Gasteiger partial charge in [-0.25, -0.2) is 4.39 Å². The Morgan fingerprint density at radius 2 is 2.16 bits per heavy atom. The monoisotopic (exact) mass is 298 g/mol. The molecule has 1 unspecified atom stereocenters. The predicted molar refractivity (Wildman–Crippen MR) is 78.9 cm³/mol. The van der Waals surface area contributed by atoms with Gasteiger partial charge in [-0.1, -0.05) is 18.5 Å². The minimum Gasteiger partial charge on any atom is -0.271 e. The van der Waals surface area contributed by atoms with Gasteiger partial charge in [0.1, 0.15) is 5.82 Å². The van der Waals surface area contributed by atoms with Gasteiger partial charge in [0, 0.05) is 9.90 Å².